The van der Waals surface area contributed by atoms with Crippen molar-refractivity contribution in [2.75, 3.05) is 6.54 Å². The summed E-state index contributed by atoms with van der Waals surface area (Å²) in [6.07, 6.45) is 10.4. The maximum atomic E-state index is 15.5. The minimum Gasteiger partial charge on any atom is -0.457 e. The normalized spacial score (nSPS) is 18.6. The summed E-state index contributed by atoms with van der Waals surface area (Å²) in [5.41, 5.74) is 4.34. The third kappa shape index (κ3) is 5.05. The van der Waals surface area contributed by atoms with Gasteiger partial charge in [0.1, 0.15) is 34.6 Å². The number of likely N-dealkylation sites (tertiary alicyclic amines) is 1. The van der Waals surface area contributed by atoms with Crippen molar-refractivity contribution in [2.24, 2.45) is 0 Å². The van der Waals surface area contributed by atoms with Gasteiger partial charge in [-0.25, -0.2) is 19.2 Å². The summed E-state index contributed by atoms with van der Waals surface area (Å²) in [5.74, 6) is 3.09. The Labute approximate surface area is 244 Å². The highest BCUT2D eigenvalue weighted by atomic mass is 19.1. The van der Waals surface area contributed by atoms with Crippen molar-refractivity contribution in [2.45, 2.75) is 83.3 Å². The number of aromatic amines is 2. The Hall–Kier alpha value is -4.14. The largest absolute Gasteiger partial charge is 0.457 e. The van der Waals surface area contributed by atoms with Crippen LogP contribution in [0.5, 0.6) is 11.5 Å². The minimum absolute atomic E-state index is 0.241. The molecule has 1 aliphatic carbocycles. The lowest BCUT2D eigenvalue weighted by Crippen LogP contribution is -2.36. The van der Waals surface area contributed by atoms with Crippen molar-refractivity contribution in [3.05, 3.63) is 71.2 Å². The molecule has 3 aliphatic rings. The monoisotopic (exact) mass is 569 g/mol. The fourth-order valence-electron chi connectivity index (χ4n) is 6.48. The van der Waals surface area contributed by atoms with E-state index in [0.29, 0.717) is 41.7 Å². The van der Waals surface area contributed by atoms with Crippen LogP contribution in [-0.2, 0) is 11.2 Å². The molecule has 2 aromatic heterocycles. The second kappa shape index (κ2) is 10.3. The number of rotatable bonds is 4. The van der Waals surface area contributed by atoms with Crippen LogP contribution >= 0.6 is 0 Å². The third-order valence-electron chi connectivity index (χ3n) is 8.56. The maximum Gasteiger partial charge on any atom is 0.410 e. The molecular formula is C33H36FN5O3. The van der Waals surface area contributed by atoms with Crippen LogP contribution in [0.4, 0.5) is 9.18 Å². The molecule has 2 fully saturated rings. The molecule has 1 saturated carbocycles. The number of aromatic nitrogens is 4. The Morgan fingerprint density at radius 1 is 1.00 bits per heavy atom. The van der Waals surface area contributed by atoms with Crippen molar-refractivity contribution in [1.29, 1.82) is 0 Å². The standard InChI is InChI=1S/C33H36FN5O3/c1-33(2,3)42-32(40)39-12-6-9-27(39)31-36-18-26(38-31)23-16-29-22(15-24(23)34)14-21-13-20(10-11-28(21)41-29)30-35-17-25(37-30)19-7-4-5-8-19/h10-11,13,15-19,27H,4-9,12,14H2,1-3H3,(H,35,37)(H,36,38)/t27-/m0/s1. The summed E-state index contributed by atoms with van der Waals surface area (Å²) in [5, 5.41) is 0. The number of hydrogen-bond donors (Lipinski definition) is 2. The van der Waals surface area contributed by atoms with E-state index in [9.17, 15) is 4.79 Å². The first-order chi connectivity index (χ1) is 20.2. The summed E-state index contributed by atoms with van der Waals surface area (Å²) < 4.78 is 27.4. The van der Waals surface area contributed by atoms with E-state index in [2.05, 4.69) is 26.0 Å². The zero-order valence-electron chi connectivity index (χ0n) is 24.3. The van der Waals surface area contributed by atoms with Gasteiger partial charge in [-0.1, -0.05) is 12.8 Å². The summed E-state index contributed by atoms with van der Waals surface area (Å²) in [6.45, 7) is 6.15. The van der Waals surface area contributed by atoms with Crippen molar-refractivity contribution in [3.63, 3.8) is 0 Å². The second-order valence-corrected chi connectivity index (χ2v) is 12.7. The molecular weight excluding hydrogens is 533 g/mol. The zero-order valence-corrected chi connectivity index (χ0v) is 24.3. The Morgan fingerprint density at radius 2 is 1.81 bits per heavy atom. The Kier molecular flexibility index (Phi) is 6.55. The predicted molar refractivity (Wildman–Crippen MR) is 157 cm³/mol. The first-order valence-corrected chi connectivity index (χ1v) is 15.0. The highest BCUT2D eigenvalue weighted by molar-refractivity contribution is 5.70. The van der Waals surface area contributed by atoms with E-state index in [-0.39, 0.29) is 18.0 Å². The predicted octanol–water partition coefficient (Wildman–Crippen LogP) is 8.03. The summed E-state index contributed by atoms with van der Waals surface area (Å²) in [6, 6.07) is 9.11. The van der Waals surface area contributed by atoms with Crippen LogP contribution in [0.25, 0.3) is 22.6 Å². The second-order valence-electron chi connectivity index (χ2n) is 12.7. The first-order valence-electron chi connectivity index (χ1n) is 15.0. The lowest BCUT2D eigenvalue weighted by Gasteiger charge is -2.27. The topological polar surface area (TPSA) is 96.1 Å². The molecule has 2 aromatic carbocycles. The van der Waals surface area contributed by atoms with Crippen LogP contribution in [0.2, 0.25) is 0 Å². The van der Waals surface area contributed by atoms with E-state index >= 15 is 4.39 Å². The van der Waals surface area contributed by atoms with Gasteiger partial charge in [0.2, 0.25) is 0 Å². The van der Waals surface area contributed by atoms with Crippen LogP contribution in [0.15, 0.2) is 42.7 Å². The van der Waals surface area contributed by atoms with E-state index < -0.39 is 5.60 Å². The molecule has 1 saturated heterocycles. The Morgan fingerprint density at radius 3 is 2.62 bits per heavy atom. The summed E-state index contributed by atoms with van der Waals surface area (Å²) in [4.78, 5) is 30.4. The SMILES string of the molecule is CC(C)(C)OC(=O)N1CCC[C@H]1c1ncc(-c2cc3c(cc2F)Cc2cc(-c4ncc(C5CCCC5)[nH]4)ccc2O3)[nH]1. The number of nitrogens with zero attached hydrogens (tertiary/aromatic N) is 3. The Bertz CT molecular complexity index is 1650. The number of carbonyl (C=O) groups is 1. The molecule has 0 unspecified atom stereocenters. The molecule has 1 amide bonds. The highest BCUT2D eigenvalue weighted by Gasteiger charge is 2.35. The molecule has 0 bridgehead atoms. The first kappa shape index (κ1) is 26.7. The molecule has 4 heterocycles. The fraction of sp³-hybridized carbons (Fsp3) is 0.424. The van der Waals surface area contributed by atoms with Crippen LogP contribution in [0.3, 0.4) is 0 Å². The van der Waals surface area contributed by atoms with Crippen LogP contribution in [0, 0.1) is 5.82 Å². The van der Waals surface area contributed by atoms with Gasteiger partial charge in [0, 0.05) is 53.0 Å². The quantitative estimate of drug-likeness (QED) is 0.228. The van der Waals surface area contributed by atoms with Crippen LogP contribution in [-0.4, -0.2) is 43.1 Å². The number of benzene rings is 2. The number of carbonyl (C=O) groups excluding carboxylic acids is 1. The molecule has 1 atom stereocenters. The van der Waals surface area contributed by atoms with Gasteiger partial charge in [-0.05, 0) is 76.8 Å². The molecule has 0 radical (unpaired) electrons. The number of fused-ring (bicyclic) bond motifs is 2. The lowest BCUT2D eigenvalue weighted by molar-refractivity contribution is 0.0218. The lowest BCUT2D eigenvalue weighted by atomic mass is 9.96. The average Bonchev–Trinajstić information content (AvgIpc) is 3.77. The van der Waals surface area contributed by atoms with E-state index in [1.165, 1.54) is 31.4 Å². The summed E-state index contributed by atoms with van der Waals surface area (Å²) >= 11 is 0. The minimum atomic E-state index is -0.581. The van der Waals surface area contributed by atoms with E-state index in [4.69, 9.17) is 9.47 Å². The van der Waals surface area contributed by atoms with Gasteiger partial charge in [0.15, 0.2) is 0 Å². The van der Waals surface area contributed by atoms with E-state index in [1.807, 2.05) is 39.1 Å². The van der Waals surface area contributed by atoms with E-state index in [0.717, 1.165) is 41.1 Å². The molecule has 4 aromatic rings. The van der Waals surface area contributed by atoms with Crippen molar-refractivity contribution in [3.8, 4) is 34.1 Å². The van der Waals surface area contributed by atoms with Gasteiger partial charge in [-0.2, -0.15) is 0 Å². The maximum absolute atomic E-state index is 15.5. The number of amides is 1. The number of nitrogens with one attached hydrogen (secondary N) is 2. The molecule has 2 aliphatic heterocycles. The smallest absolute Gasteiger partial charge is 0.410 e. The van der Waals surface area contributed by atoms with Gasteiger partial charge in [0.25, 0.3) is 0 Å². The third-order valence-corrected chi connectivity index (χ3v) is 8.56. The molecule has 2 N–H and O–H groups in total. The molecule has 0 spiro atoms. The zero-order chi connectivity index (χ0) is 29.0. The fourth-order valence-corrected chi connectivity index (χ4v) is 6.48. The molecule has 42 heavy (non-hydrogen) atoms. The average molecular weight is 570 g/mol. The summed E-state index contributed by atoms with van der Waals surface area (Å²) in [7, 11) is 0. The number of ether oxygens (including phenoxy) is 2. The van der Waals surface area contributed by atoms with Crippen LogP contribution < -0.4 is 4.74 Å². The number of halogens is 1. The van der Waals surface area contributed by atoms with Gasteiger partial charge in [-0.15, -0.1) is 0 Å². The molecule has 9 heteroatoms. The van der Waals surface area contributed by atoms with Crippen molar-refractivity contribution in [1.82, 2.24) is 24.8 Å². The highest BCUT2D eigenvalue weighted by Crippen LogP contribution is 2.42. The number of hydrogen-bond acceptors (Lipinski definition) is 5. The van der Waals surface area contributed by atoms with Gasteiger partial charge < -0.3 is 19.4 Å². The van der Waals surface area contributed by atoms with Crippen molar-refractivity contribution < 1.29 is 18.7 Å². The molecule has 8 nitrogen and oxygen atoms in total. The molecule has 218 valence electrons. The Balaban J connectivity index is 1.10. The van der Waals surface area contributed by atoms with Crippen LogP contribution in [0.1, 0.15) is 93.9 Å². The molecule has 7 rings (SSSR count). The number of imidazole rings is 2. The number of H-pyrrole nitrogens is 2. The van der Waals surface area contributed by atoms with Gasteiger partial charge >= 0.3 is 6.09 Å². The van der Waals surface area contributed by atoms with E-state index in [1.54, 1.807) is 23.2 Å². The van der Waals surface area contributed by atoms with Gasteiger partial charge in [0.05, 0.1) is 17.9 Å². The van der Waals surface area contributed by atoms with Gasteiger partial charge in [-0.3, -0.25) is 4.90 Å². The van der Waals surface area contributed by atoms with Crippen molar-refractivity contribution >= 4 is 6.09 Å².